The molecule has 226 valence electrons. The molecule has 2 aromatic rings. The van der Waals surface area contributed by atoms with E-state index in [1.165, 1.54) is 81.8 Å². The Kier molecular flexibility index (Phi) is 14.7. The van der Waals surface area contributed by atoms with E-state index in [0.717, 1.165) is 35.8 Å². The standard InChI is InChI=1S/C36H54N2O2S/c1-5-6-7-8-9-10-11-12-13-14-15-16-24-40-34-27-32(36(2,3)4)20-19-31(34)26-35(39)37-33-21-17-30(18-22-33)28-38-23-25-41-29-38/h17-23,25,27H,5-16,24,26,28-29H2,1-4H3,(H,37,39). The van der Waals surface area contributed by atoms with Gasteiger partial charge in [0.25, 0.3) is 0 Å². The fourth-order valence-corrected chi connectivity index (χ4v) is 5.86. The second kappa shape index (κ2) is 18.2. The van der Waals surface area contributed by atoms with Crippen LogP contribution in [0.25, 0.3) is 0 Å². The van der Waals surface area contributed by atoms with Crippen LogP contribution < -0.4 is 10.1 Å². The van der Waals surface area contributed by atoms with Crippen molar-refractivity contribution in [3.8, 4) is 5.75 Å². The molecule has 0 saturated heterocycles. The molecule has 0 atom stereocenters. The van der Waals surface area contributed by atoms with Crippen LogP contribution >= 0.6 is 11.8 Å². The van der Waals surface area contributed by atoms with Gasteiger partial charge in [-0.05, 0) is 46.6 Å². The summed E-state index contributed by atoms with van der Waals surface area (Å²) in [6, 6.07) is 14.5. The lowest BCUT2D eigenvalue weighted by Gasteiger charge is -2.21. The Bertz CT molecular complexity index is 1060. The number of nitrogens with one attached hydrogen (secondary N) is 1. The number of ether oxygens (including phenoxy) is 1. The lowest BCUT2D eigenvalue weighted by Crippen LogP contribution is -2.17. The molecular formula is C36H54N2O2S. The Morgan fingerprint density at radius 1 is 0.878 bits per heavy atom. The predicted octanol–water partition coefficient (Wildman–Crippen LogP) is 10.2. The Morgan fingerprint density at radius 2 is 1.51 bits per heavy atom. The second-order valence-corrected chi connectivity index (χ2v) is 13.4. The maximum atomic E-state index is 13.0. The predicted molar refractivity (Wildman–Crippen MR) is 178 cm³/mol. The number of benzene rings is 2. The minimum Gasteiger partial charge on any atom is -0.493 e. The average molecular weight is 579 g/mol. The third-order valence-electron chi connectivity index (χ3n) is 7.77. The first kappa shape index (κ1) is 33.1. The van der Waals surface area contributed by atoms with Crippen molar-refractivity contribution in [1.82, 2.24) is 4.90 Å². The average Bonchev–Trinajstić information content (AvgIpc) is 3.45. The summed E-state index contributed by atoms with van der Waals surface area (Å²) >= 11 is 1.81. The molecule has 5 heteroatoms. The SMILES string of the molecule is CCCCCCCCCCCCCCOc1cc(C(C)(C)C)ccc1CC(=O)Nc1ccc(CN2C=CSC2)cc1. The molecular weight excluding hydrogens is 524 g/mol. The van der Waals surface area contributed by atoms with Gasteiger partial charge in [0.2, 0.25) is 5.91 Å². The summed E-state index contributed by atoms with van der Waals surface area (Å²) in [5, 5.41) is 5.20. The van der Waals surface area contributed by atoms with Crippen molar-refractivity contribution in [1.29, 1.82) is 0 Å². The van der Waals surface area contributed by atoms with E-state index in [0.29, 0.717) is 13.0 Å². The van der Waals surface area contributed by atoms with Crippen LogP contribution in [0.2, 0.25) is 0 Å². The Labute approximate surface area is 254 Å². The maximum absolute atomic E-state index is 13.0. The number of anilines is 1. The number of rotatable bonds is 19. The van der Waals surface area contributed by atoms with E-state index in [-0.39, 0.29) is 11.3 Å². The van der Waals surface area contributed by atoms with Crippen LogP contribution in [0.3, 0.4) is 0 Å². The fraction of sp³-hybridized carbons (Fsp3) is 0.583. The lowest BCUT2D eigenvalue weighted by molar-refractivity contribution is -0.115. The molecule has 0 radical (unpaired) electrons. The number of unbranched alkanes of at least 4 members (excludes halogenated alkanes) is 11. The van der Waals surface area contributed by atoms with E-state index in [4.69, 9.17) is 4.74 Å². The number of thioether (sulfide) groups is 1. The third-order valence-corrected chi connectivity index (χ3v) is 8.57. The minimum absolute atomic E-state index is 0.0182. The van der Waals surface area contributed by atoms with Gasteiger partial charge in [0, 0.05) is 24.0 Å². The van der Waals surface area contributed by atoms with Gasteiger partial charge in [0.05, 0.1) is 18.9 Å². The van der Waals surface area contributed by atoms with Crippen LogP contribution in [0, 0.1) is 0 Å². The first-order chi connectivity index (χ1) is 19.8. The van der Waals surface area contributed by atoms with Gasteiger partial charge in [-0.15, -0.1) is 11.8 Å². The van der Waals surface area contributed by atoms with E-state index in [1.807, 2.05) is 23.9 Å². The summed E-state index contributed by atoms with van der Waals surface area (Å²) in [4.78, 5) is 15.3. The molecule has 3 rings (SSSR count). The normalized spacial score (nSPS) is 13.1. The van der Waals surface area contributed by atoms with Crippen molar-refractivity contribution in [3.05, 3.63) is 70.8 Å². The first-order valence-electron chi connectivity index (χ1n) is 16.0. The molecule has 0 aliphatic carbocycles. The Morgan fingerprint density at radius 3 is 2.10 bits per heavy atom. The van der Waals surface area contributed by atoms with Crippen LogP contribution in [0.5, 0.6) is 5.75 Å². The largest absolute Gasteiger partial charge is 0.493 e. The second-order valence-electron chi connectivity index (χ2n) is 12.6. The number of nitrogens with zero attached hydrogens (tertiary/aromatic N) is 1. The number of carbonyl (C=O) groups excluding carboxylic acids is 1. The van der Waals surface area contributed by atoms with E-state index in [2.05, 4.69) is 79.9 Å². The summed E-state index contributed by atoms with van der Waals surface area (Å²) in [7, 11) is 0. The molecule has 1 heterocycles. The third kappa shape index (κ3) is 13.0. The van der Waals surface area contributed by atoms with Gasteiger partial charge in [-0.3, -0.25) is 4.79 Å². The molecule has 0 unspecified atom stereocenters. The molecule has 1 N–H and O–H groups in total. The highest BCUT2D eigenvalue weighted by atomic mass is 32.2. The van der Waals surface area contributed by atoms with Crippen LogP contribution in [-0.2, 0) is 23.2 Å². The van der Waals surface area contributed by atoms with Crippen molar-refractivity contribution in [2.45, 2.75) is 123 Å². The zero-order valence-corrected chi connectivity index (χ0v) is 27.0. The highest BCUT2D eigenvalue weighted by molar-refractivity contribution is 8.02. The molecule has 4 nitrogen and oxygen atoms in total. The summed E-state index contributed by atoms with van der Waals surface area (Å²) < 4.78 is 6.30. The number of hydrogen-bond donors (Lipinski definition) is 1. The smallest absolute Gasteiger partial charge is 0.228 e. The zero-order chi connectivity index (χ0) is 29.3. The zero-order valence-electron chi connectivity index (χ0n) is 26.2. The van der Waals surface area contributed by atoms with Gasteiger partial charge < -0.3 is 15.0 Å². The van der Waals surface area contributed by atoms with E-state index < -0.39 is 0 Å². The molecule has 1 aliphatic rings. The summed E-state index contributed by atoms with van der Waals surface area (Å²) in [6.07, 6.45) is 18.4. The lowest BCUT2D eigenvalue weighted by atomic mass is 9.86. The number of carbonyl (C=O) groups is 1. The fourth-order valence-electron chi connectivity index (χ4n) is 5.14. The van der Waals surface area contributed by atoms with Gasteiger partial charge in [0.1, 0.15) is 5.75 Å². The minimum atomic E-state index is -0.0182. The van der Waals surface area contributed by atoms with Crippen molar-refractivity contribution >= 4 is 23.4 Å². The van der Waals surface area contributed by atoms with Crippen molar-refractivity contribution in [3.63, 3.8) is 0 Å². The summed E-state index contributed by atoms with van der Waals surface area (Å²) in [5.41, 5.74) is 4.27. The topological polar surface area (TPSA) is 41.6 Å². The highest BCUT2D eigenvalue weighted by Crippen LogP contribution is 2.30. The van der Waals surface area contributed by atoms with Crippen LogP contribution in [-0.4, -0.2) is 23.3 Å². The molecule has 1 amide bonds. The molecule has 1 aliphatic heterocycles. The molecule has 2 aromatic carbocycles. The van der Waals surface area contributed by atoms with Crippen molar-refractivity contribution in [2.75, 3.05) is 17.8 Å². The summed E-state index contributed by atoms with van der Waals surface area (Å²) in [5.74, 6) is 1.83. The first-order valence-corrected chi connectivity index (χ1v) is 17.1. The Balaban J connectivity index is 1.42. The van der Waals surface area contributed by atoms with Gasteiger partial charge in [-0.2, -0.15) is 0 Å². The van der Waals surface area contributed by atoms with Gasteiger partial charge in [-0.1, -0.05) is 123 Å². The van der Waals surface area contributed by atoms with Gasteiger partial charge in [-0.25, -0.2) is 0 Å². The molecule has 0 saturated carbocycles. The quantitative estimate of drug-likeness (QED) is 0.168. The van der Waals surface area contributed by atoms with Crippen molar-refractivity contribution in [2.24, 2.45) is 0 Å². The van der Waals surface area contributed by atoms with Crippen molar-refractivity contribution < 1.29 is 9.53 Å². The van der Waals surface area contributed by atoms with E-state index in [1.54, 1.807) is 0 Å². The molecule has 0 spiro atoms. The number of hydrogen-bond acceptors (Lipinski definition) is 4. The van der Waals surface area contributed by atoms with Crippen LogP contribution in [0.15, 0.2) is 54.1 Å². The molecule has 0 aromatic heterocycles. The van der Waals surface area contributed by atoms with Gasteiger partial charge in [0.15, 0.2) is 0 Å². The molecule has 0 bridgehead atoms. The maximum Gasteiger partial charge on any atom is 0.228 e. The van der Waals surface area contributed by atoms with Crippen LogP contribution in [0.4, 0.5) is 5.69 Å². The highest BCUT2D eigenvalue weighted by Gasteiger charge is 2.18. The van der Waals surface area contributed by atoms with Crippen LogP contribution in [0.1, 0.15) is 121 Å². The molecule has 41 heavy (non-hydrogen) atoms. The number of amides is 1. The monoisotopic (exact) mass is 578 g/mol. The Hall–Kier alpha value is -2.40. The van der Waals surface area contributed by atoms with Gasteiger partial charge >= 0.3 is 0 Å². The van der Waals surface area contributed by atoms with E-state index >= 15 is 0 Å². The van der Waals surface area contributed by atoms with E-state index in [9.17, 15) is 4.79 Å². The summed E-state index contributed by atoms with van der Waals surface area (Å²) in [6.45, 7) is 10.5. The molecule has 0 fully saturated rings.